The third-order valence-corrected chi connectivity index (χ3v) is 4.45. The number of benzene rings is 1. The lowest BCUT2D eigenvalue weighted by Gasteiger charge is -2.30. The average Bonchev–Trinajstić information content (AvgIpc) is 2.69. The number of ether oxygens (including phenoxy) is 4. The fourth-order valence-electron chi connectivity index (χ4n) is 3.05. The van der Waals surface area contributed by atoms with E-state index < -0.39 is 5.97 Å². The van der Waals surface area contributed by atoms with Crippen LogP contribution in [-0.2, 0) is 14.3 Å². The SMILES string of the molecule is COc1cc(C=CC(=O)OCC(=O)N2CCCC(C)C2)cc(OC)c1OC. The van der Waals surface area contributed by atoms with Crippen molar-refractivity contribution in [1.29, 1.82) is 0 Å². The highest BCUT2D eigenvalue weighted by atomic mass is 16.5. The maximum Gasteiger partial charge on any atom is 0.331 e. The maximum absolute atomic E-state index is 12.1. The van der Waals surface area contributed by atoms with Crippen molar-refractivity contribution < 1.29 is 28.5 Å². The Hall–Kier alpha value is -2.70. The van der Waals surface area contributed by atoms with E-state index in [1.54, 1.807) is 23.1 Å². The molecule has 7 heteroatoms. The van der Waals surface area contributed by atoms with Gasteiger partial charge in [0.25, 0.3) is 5.91 Å². The summed E-state index contributed by atoms with van der Waals surface area (Å²) in [4.78, 5) is 25.8. The fourth-order valence-corrected chi connectivity index (χ4v) is 3.05. The van der Waals surface area contributed by atoms with Crippen LogP contribution in [0, 0.1) is 5.92 Å². The summed E-state index contributed by atoms with van der Waals surface area (Å²) in [6.07, 6.45) is 4.95. The number of esters is 1. The topological polar surface area (TPSA) is 74.3 Å². The molecule has 1 unspecified atom stereocenters. The Bertz CT molecular complexity index is 675. The van der Waals surface area contributed by atoms with E-state index in [1.807, 2.05) is 0 Å². The van der Waals surface area contributed by atoms with Gasteiger partial charge in [0.05, 0.1) is 21.3 Å². The molecule has 0 spiro atoms. The van der Waals surface area contributed by atoms with Crippen molar-refractivity contribution >= 4 is 18.0 Å². The summed E-state index contributed by atoms with van der Waals surface area (Å²) >= 11 is 0. The third kappa shape index (κ3) is 5.64. The highest BCUT2D eigenvalue weighted by Gasteiger charge is 2.21. The molecule has 27 heavy (non-hydrogen) atoms. The second-order valence-electron chi connectivity index (χ2n) is 6.49. The molecule has 148 valence electrons. The zero-order valence-corrected chi connectivity index (χ0v) is 16.3. The van der Waals surface area contributed by atoms with E-state index in [0.717, 1.165) is 25.9 Å². The van der Waals surface area contributed by atoms with Gasteiger partial charge in [-0.2, -0.15) is 0 Å². The molecule has 2 rings (SSSR count). The average molecular weight is 377 g/mol. The Morgan fingerprint density at radius 1 is 1.15 bits per heavy atom. The van der Waals surface area contributed by atoms with E-state index in [4.69, 9.17) is 18.9 Å². The predicted octanol–water partition coefficient (Wildman–Crippen LogP) is 2.53. The van der Waals surface area contributed by atoms with Crippen molar-refractivity contribution in [3.05, 3.63) is 23.8 Å². The zero-order chi connectivity index (χ0) is 19.8. The van der Waals surface area contributed by atoms with Gasteiger partial charge in [0, 0.05) is 19.2 Å². The molecule has 0 aliphatic carbocycles. The zero-order valence-electron chi connectivity index (χ0n) is 16.3. The van der Waals surface area contributed by atoms with Crippen LogP contribution in [0.1, 0.15) is 25.3 Å². The van der Waals surface area contributed by atoms with E-state index in [1.165, 1.54) is 27.4 Å². The quantitative estimate of drug-likeness (QED) is 0.537. The molecule has 7 nitrogen and oxygen atoms in total. The Morgan fingerprint density at radius 2 is 1.81 bits per heavy atom. The molecule has 0 radical (unpaired) electrons. The highest BCUT2D eigenvalue weighted by molar-refractivity contribution is 5.89. The predicted molar refractivity (Wildman–Crippen MR) is 101 cm³/mol. The van der Waals surface area contributed by atoms with E-state index in [2.05, 4.69) is 6.92 Å². The third-order valence-electron chi connectivity index (χ3n) is 4.45. The molecule has 1 amide bonds. The van der Waals surface area contributed by atoms with Crippen LogP contribution in [-0.4, -0.2) is 57.8 Å². The van der Waals surface area contributed by atoms with Gasteiger partial charge in [-0.05, 0) is 42.5 Å². The van der Waals surface area contributed by atoms with Crippen LogP contribution in [0.4, 0.5) is 0 Å². The summed E-state index contributed by atoms with van der Waals surface area (Å²) in [6, 6.07) is 3.43. The van der Waals surface area contributed by atoms with Gasteiger partial charge >= 0.3 is 5.97 Å². The van der Waals surface area contributed by atoms with Gasteiger partial charge in [-0.3, -0.25) is 4.79 Å². The number of hydrogen-bond donors (Lipinski definition) is 0. The molecular formula is C20H27NO6. The van der Waals surface area contributed by atoms with E-state index in [9.17, 15) is 9.59 Å². The van der Waals surface area contributed by atoms with Gasteiger partial charge in [-0.1, -0.05) is 6.92 Å². The molecule has 1 saturated heterocycles. The molecule has 1 atom stereocenters. The molecule has 0 aromatic heterocycles. The Balaban J connectivity index is 1.95. The lowest BCUT2D eigenvalue weighted by Crippen LogP contribution is -2.41. The minimum atomic E-state index is -0.581. The molecular weight excluding hydrogens is 350 g/mol. The normalized spacial score (nSPS) is 16.9. The Labute approximate surface area is 159 Å². The first kappa shape index (κ1) is 20.6. The lowest BCUT2D eigenvalue weighted by molar-refractivity contribution is -0.149. The number of likely N-dealkylation sites (tertiary alicyclic amines) is 1. The molecule has 1 aromatic rings. The number of amides is 1. The van der Waals surface area contributed by atoms with Crippen molar-refractivity contribution in [2.45, 2.75) is 19.8 Å². The van der Waals surface area contributed by atoms with Crippen LogP contribution < -0.4 is 14.2 Å². The second-order valence-corrected chi connectivity index (χ2v) is 6.49. The van der Waals surface area contributed by atoms with Crippen molar-refractivity contribution in [2.75, 3.05) is 41.0 Å². The van der Waals surface area contributed by atoms with Gasteiger partial charge in [0.2, 0.25) is 5.75 Å². The minimum absolute atomic E-state index is 0.156. The summed E-state index contributed by atoms with van der Waals surface area (Å²) in [5, 5.41) is 0. The number of methoxy groups -OCH3 is 3. The van der Waals surface area contributed by atoms with Crippen molar-refractivity contribution in [3.8, 4) is 17.2 Å². The van der Waals surface area contributed by atoms with E-state index >= 15 is 0 Å². The monoisotopic (exact) mass is 377 g/mol. The molecule has 0 N–H and O–H groups in total. The molecule has 1 aromatic carbocycles. The minimum Gasteiger partial charge on any atom is -0.493 e. The lowest BCUT2D eigenvalue weighted by atomic mass is 10.0. The standard InChI is InChI=1S/C20H27NO6/c1-14-6-5-9-21(12-14)18(22)13-27-19(23)8-7-15-10-16(24-2)20(26-4)17(11-15)25-3/h7-8,10-11,14H,5-6,9,12-13H2,1-4H3. The summed E-state index contributed by atoms with van der Waals surface area (Å²) < 4.78 is 20.9. The van der Waals surface area contributed by atoms with Crippen LogP contribution >= 0.6 is 0 Å². The molecule has 1 aliphatic rings. The van der Waals surface area contributed by atoms with Crippen LogP contribution in [0.2, 0.25) is 0 Å². The van der Waals surface area contributed by atoms with Crippen LogP contribution in [0.25, 0.3) is 6.08 Å². The van der Waals surface area contributed by atoms with Crippen molar-refractivity contribution in [1.82, 2.24) is 4.90 Å². The molecule has 1 heterocycles. The largest absolute Gasteiger partial charge is 0.493 e. The molecule has 1 aliphatic heterocycles. The van der Waals surface area contributed by atoms with Gasteiger partial charge < -0.3 is 23.8 Å². The fraction of sp³-hybridized carbons (Fsp3) is 0.500. The van der Waals surface area contributed by atoms with Crippen LogP contribution in [0.5, 0.6) is 17.2 Å². The number of rotatable bonds is 7. The summed E-state index contributed by atoms with van der Waals surface area (Å²) in [7, 11) is 4.56. The first-order valence-corrected chi connectivity index (χ1v) is 8.91. The van der Waals surface area contributed by atoms with E-state index in [-0.39, 0.29) is 12.5 Å². The van der Waals surface area contributed by atoms with Crippen LogP contribution in [0.15, 0.2) is 18.2 Å². The smallest absolute Gasteiger partial charge is 0.331 e. The summed E-state index contributed by atoms with van der Waals surface area (Å²) in [5.74, 6) is 1.19. The summed E-state index contributed by atoms with van der Waals surface area (Å²) in [5.41, 5.74) is 0.678. The first-order valence-electron chi connectivity index (χ1n) is 8.91. The maximum atomic E-state index is 12.1. The second kappa shape index (κ2) is 9.85. The van der Waals surface area contributed by atoms with Gasteiger partial charge in [0.1, 0.15) is 0 Å². The van der Waals surface area contributed by atoms with Crippen molar-refractivity contribution in [3.63, 3.8) is 0 Å². The Kier molecular flexibility index (Phi) is 7.52. The molecule has 1 fully saturated rings. The van der Waals surface area contributed by atoms with Gasteiger partial charge in [-0.15, -0.1) is 0 Å². The number of carbonyl (C=O) groups excluding carboxylic acids is 2. The van der Waals surface area contributed by atoms with Gasteiger partial charge in [0.15, 0.2) is 18.1 Å². The number of hydrogen-bond acceptors (Lipinski definition) is 6. The van der Waals surface area contributed by atoms with Crippen LogP contribution in [0.3, 0.4) is 0 Å². The molecule has 0 saturated carbocycles. The van der Waals surface area contributed by atoms with Gasteiger partial charge in [-0.25, -0.2) is 4.79 Å². The number of carbonyl (C=O) groups is 2. The first-order chi connectivity index (χ1) is 13.0. The van der Waals surface area contributed by atoms with Crippen molar-refractivity contribution in [2.24, 2.45) is 5.92 Å². The Morgan fingerprint density at radius 3 is 2.37 bits per heavy atom. The number of piperidine rings is 1. The molecule has 0 bridgehead atoms. The highest BCUT2D eigenvalue weighted by Crippen LogP contribution is 2.38. The summed E-state index contributed by atoms with van der Waals surface area (Å²) in [6.45, 7) is 3.32. The number of nitrogens with zero attached hydrogens (tertiary/aromatic N) is 1. The van der Waals surface area contributed by atoms with E-state index in [0.29, 0.717) is 28.7 Å².